The minimum atomic E-state index is -0.252. The average molecular weight is 418 g/mol. The molecule has 0 N–H and O–H groups in total. The Hall–Kier alpha value is -1.93. The van der Waals surface area contributed by atoms with Crippen LogP contribution in [0.1, 0.15) is 31.0 Å². The maximum absolute atomic E-state index is 12.5. The molecule has 1 saturated heterocycles. The number of likely N-dealkylation sites (N-methyl/N-ethyl adjacent to an activating group) is 2. The van der Waals surface area contributed by atoms with Gasteiger partial charge in [-0.1, -0.05) is 12.1 Å². The fourth-order valence-corrected chi connectivity index (χ4v) is 5.22. The maximum atomic E-state index is 12.5. The van der Waals surface area contributed by atoms with Crippen molar-refractivity contribution in [3.8, 4) is 5.75 Å². The van der Waals surface area contributed by atoms with Crippen molar-refractivity contribution in [2.45, 2.75) is 31.7 Å². The second kappa shape index (κ2) is 8.44. The van der Waals surface area contributed by atoms with Crippen molar-refractivity contribution < 1.29 is 9.53 Å². The molecule has 1 aromatic carbocycles. The molecular weight excluding hydrogens is 386 g/mol. The smallest absolute Gasteiger partial charge is 0.257 e. The van der Waals surface area contributed by atoms with E-state index in [0.717, 1.165) is 50.1 Å². The molecule has 2 unspecified atom stereocenters. The summed E-state index contributed by atoms with van der Waals surface area (Å²) in [7, 11) is 3.74. The Morgan fingerprint density at radius 3 is 2.83 bits per heavy atom. The van der Waals surface area contributed by atoms with E-state index in [0.29, 0.717) is 12.6 Å². The summed E-state index contributed by atoms with van der Waals surface area (Å²) in [6.45, 7) is 9.60. The number of ether oxygens (including phenoxy) is 1. The van der Waals surface area contributed by atoms with E-state index in [2.05, 4.69) is 40.0 Å². The molecule has 0 radical (unpaired) electrons. The highest BCUT2D eigenvalue weighted by Gasteiger charge is 2.36. The fourth-order valence-electron chi connectivity index (χ4n) is 4.03. The topological polar surface area (TPSA) is 51.6 Å². The van der Waals surface area contributed by atoms with Crippen LogP contribution >= 0.6 is 11.8 Å². The Bertz CT molecular complexity index is 793. The van der Waals surface area contributed by atoms with Crippen LogP contribution in [0.2, 0.25) is 0 Å². The molecule has 2 atom stereocenters. The van der Waals surface area contributed by atoms with Crippen LogP contribution in [0.25, 0.3) is 0 Å². The van der Waals surface area contributed by atoms with E-state index in [1.165, 1.54) is 11.1 Å². The van der Waals surface area contributed by atoms with Gasteiger partial charge >= 0.3 is 0 Å². The number of carbonyl (C=O) groups excluding carboxylic acids is 1. The second-order valence-corrected chi connectivity index (χ2v) is 8.99. The molecule has 1 fully saturated rings. The van der Waals surface area contributed by atoms with Gasteiger partial charge < -0.3 is 14.5 Å². The van der Waals surface area contributed by atoms with Crippen LogP contribution in [0.15, 0.2) is 23.3 Å². The van der Waals surface area contributed by atoms with Crippen LogP contribution in [0.5, 0.6) is 5.75 Å². The van der Waals surface area contributed by atoms with Gasteiger partial charge in [0.05, 0.1) is 6.61 Å². The molecule has 7 nitrogen and oxygen atoms in total. The number of carbonyl (C=O) groups is 1. The number of hydrazone groups is 1. The van der Waals surface area contributed by atoms with Gasteiger partial charge in [-0.05, 0) is 42.8 Å². The first-order chi connectivity index (χ1) is 14.0. The third-order valence-corrected chi connectivity index (χ3v) is 7.48. The Labute approximate surface area is 177 Å². The highest BCUT2D eigenvalue weighted by molar-refractivity contribution is 8.15. The van der Waals surface area contributed by atoms with Crippen molar-refractivity contribution in [1.82, 2.24) is 19.7 Å². The molecule has 3 aliphatic heterocycles. The normalized spacial score (nSPS) is 22.9. The second-order valence-electron chi connectivity index (χ2n) is 7.94. The third-order valence-electron chi connectivity index (χ3n) is 6.20. The van der Waals surface area contributed by atoms with Crippen molar-refractivity contribution in [2.24, 2.45) is 5.10 Å². The number of amidine groups is 1. The summed E-state index contributed by atoms with van der Waals surface area (Å²) in [6.07, 6.45) is 1.02. The molecule has 158 valence electrons. The molecule has 0 aromatic heterocycles. The van der Waals surface area contributed by atoms with Crippen LogP contribution in [0, 0.1) is 0 Å². The molecule has 29 heavy (non-hydrogen) atoms. The highest BCUT2D eigenvalue weighted by atomic mass is 32.2. The van der Waals surface area contributed by atoms with Crippen molar-refractivity contribution in [3.63, 3.8) is 0 Å². The van der Waals surface area contributed by atoms with Gasteiger partial charge in [0.25, 0.3) is 5.91 Å². The van der Waals surface area contributed by atoms with E-state index in [1.54, 1.807) is 21.7 Å². The minimum absolute atomic E-state index is 0.116. The molecule has 8 heteroatoms. The number of fused-ring (bicyclic) bond motifs is 1. The summed E-state index contributed by atoms with van der Waals surface area (Å²) in [5.74, 6) is 1.17. The third kappa shape index (κ3) is 4.05. The van der Waals surface area contributed by atoms with Crippen molar-refractivity contribution >= 4 is 22.8 Å². The number of rotatable bonds is 4. The van der Waals surface area contributed by atoms with Gasteiger partial charge in [0.15, 0.2) is 10.5 Å². The number of thioether (sulfide) groups is 1. The lowest BCUT2D eigenvalue weighted by molar-refractivity contribution is -0.131. The number of hydrogen-bond donors (Lipinski definition) is 0. The monoisotopic (exact) mass is 417 g/mol. The van der Waals surface area contributed by atoms with Crippen LogP contribution in [-0.4, -0.2) is 89.6 Å². The molecule has 3 aliphatic rings. The first-order valence-corrected chi connectivity index (χ1v) is 11.3. The summed E-state index contributed by atoms with van der Waals surface area (Å²) in [4.78, 5) is 19.1. The van der Waals surface area contributed by atoms with Crippen LogP contribution in [0.3, 0.4) is 0 Å². The van der Waals surface area contributed by atoms with Crippen LogP contribution < -0.4 is 4.74 Å². The van der Waals surface area contributed by atoms with Gasteiger partial charge in [-0.15, -0.1) is 0 Å². The molecule has 3 heterocycles. The zero-order valence-electron chi connectivity index (χ0n) is 17.8. The molecule has 0 saturated carbocycles. The van der Waals surface area contributed by atoms with Gasteiger partial charge in [0.1, 0.15) is 5.75 Å². The lowest BCUT2D eigenvalue weighted by Crippen LogP contribution is -2.48. The Balaban J connectivity index is 1.34. The average Bonchev–Trinajstić information content (AvgIpc) is 3.38. The van der Waals surface area contributed by atoms with Crippen LogP contribution in [-0.2, 0) is 11.2 Å². The largest absolute Gasteiger partial charge is 0.493 e. The molecule has 0 aliphatic carbocycles. The summed E-state index contributed by atoms with van der Waals surface area (Å²) in [5.41, 5.74) is 2.64. The summed E-state index contributed by atoms with van der Waals surface area (Å²) in [5, 5.41) is 7.17. The van der Waals surface area contributed by atoms with E-state index in [1.807, 2.05) is 21.0 Å². The first-order valence-electron chi connectivity index (χ1n) is 10.5. The predicted octanol–water partition coefficient (Wildman–Crippen LogP) is 2.05. The fraction of sp³-hybridized carbons (Fsp3) is 0.619. The SMILES string of the molecule is CCN(C)C(=O)C1SC(N2CCN(C(C)c3ccc4c(c3)OCC4)CC2)=NN1C. The standard InChI is InChI=1S/C21H31N5O2S/c1-5-23(3)19(27)20-24(4)22-21(29-20)26-11-9-25(10-12-26)15(2)17-7-6-16-8-13-28-18(16)14-17/h6-7,14-15,20H,5,8-13H2,1-4H3. The molecular formula is C21H31N5O2S. The minimum Gasteiger partial charge on any atom is -0.493 e. The molecule has 0 bridgehead atoms. The van der Waals surface area contributed by atoms with E-state index < -0.39 is 0 Å². The highest BCUT2D eigenvalue weighted by Crippen LogP contribution is 2.32. The van der Waals surface area contributed by atoms with Gasteiger partial charge in [-0.2, -0.15) is 5.10 Å². The number of piperazine rings is 1. The summed E-state index contributed by atoms with van der Waals surface area (Å²) >= 11 is 1.57. The van der Waals surface area contributed by atoms with Crippen molar-refractivity contribution in [1.29, 1.82) is 0 Å². The lowest BCUT2D eigenvalue weighted by atomic mass is 10.0. The maximum Gasteiger partial charge on any atom is 0.257 e. The van der Waals surface area contributed by atoms with E-state index >= 15 is 0 Å². The number of amides is 1. The molecule has 1 amide bonds. The van der Waals surface area contributed by atoms with Gasteiger partial charge in [0.2, 0.25) is 0 Å². The van der Waals surface area contributed by atoms with Gasteiger partial charge in [0, 0.05) is 59.3 Å². The Morgan fingerprint density at radius 1 is 1.34 bits per heavy atom. The van der Waals surface area contributed by atoms with E-state index in [-0.39, 0.29) is 11.3 Å². The number of benzene rings is 1. The molecule has 4 rings (SSSR count). The predicted molar refractivity (Wildman–Crippen MR) is 117 cm³/mol. The first kappa shape index (κ1) is 20.3. The zero-order chi connectivity index (χ0) is 20.5. The van der Waals surface area contributed by atoms with E-state index in [4.69, 9.17) is 4.74 Å². The van der Waals surface area contributed by atoms with Crippen LogP contribution in [0.4, 0.5) is 0 Å². The van der Waals surface area contributed by atoms with Crippen molar-refractivity contribution in [3.05, 3.63) is 29.3 Å². The molecule has 1 aromatic rings. The van der Waals surface area contributed by atoms with Crippen molar-refractivity contribution in [2.75, 3.05) is 53.4 Å². The van der Waals surface area contributed by atoms with E-state index in [9.17, 15) is 4.79 Å². The molecule has 0 spiro atoms. The van der Waals surface area contributed by atoms with Gasteiger partial charge in [-0.25, -0.2) is 0 Å². The Kier molecular flexibility index (Phi) is 5.92. The zero-order valence-corrected chi connectivity index (χ0v) is 18.6. The number of hydrogen-bond acceptors (Lipinski definition) is 7. The van der Waals surface area contributed by atoms with Gasteiger partial charge in [-0.3, -0.25) is 14.7 Å². The Morgan fingerprint density at radius 2 is 2.10 bits per heavy atom. The lowest BCUT2D eigenvalue weighted by Gasteiger charge is -2.38. The summed E-state index contributed by atoms with van der Waals surface area (Å²) < 4.78 is 5.74. The number of nitrogens with zero attached hydrogens (tertiary/aromatic N) is 5. The quantitative estimate of drug-likeness (QED) is 0.748. The summed E-state index contributed by atoms with van der Waals surface area (Å²) in [6, 6.07) is 7.04.